The molecule has 15 heavy (non-hydrogen) atoms. The van der Waals surface area contributed by atoms with E-state index in [0.29, 0.717) is 6.04 Å². The topological polar surface area (TPSA) is 39.1 Å². The molecule has 0 aliphatic carbocycles. The molecule has 1 saturated heterocycles. The fourth-order valence-electron chi connectivity index (χ4n) is 1.87. The maximum absolute atomic E-state index is 5.32. The molecular formula is C11H19N3O. The summed E-state index contributed by atoms with van der Waals surface area (Å²) in [6.45, 7) is 4.91. The van der Waals surface area contributed by atoms with Crippen LogP contribution in [0.15, 0.2) is 12.4 Å². The molecule has 2 rings (SSSR count). The summed E-state index contributed by atoms with van der Waals surface area (Å²) in [6, 6.07) is 0.554. The Morgan fingerprint density at radius 2 is 2.33 bits per heavy atom. The molecule has 1 aromatic rings. The highest BCUT2D eigenvalue weighted by Gasteiger charge is 2.13. The van der Waals surface area contributed by atoms with Crippen LogP contribution in [0.1, 0.15) is 26.2 Å². The highest BCUT2D eigenvalue weighted by atomic mass is 16.5. The molecule has 1 aliphatic heterocycles. The van der Waals surface area contributed by atoms with Crippen LogP contribution >= 0.6 is 0 Å². The molecular weight excluding hydrogens is 190 g/mol. The summed E-state index contributed by atoms with van der Waals surface area (Å²) in [7, 11) is 0. The Morgan fingerprint density at radius 3 is 3.07 bits per heavy atom. The molecule has 0 bridgehead atoms. The maximum Gasteiger partial charge on any atom is 0.0728 e. The molecule has 0 spiro atoms. The van der Waals surface area contributed by atoms with Gasteiger partial charge in [-0.2, -0.15) is 5.10 Å². The van der Waals surface area contributed by atoms with E-state index in [1.807, 2.05) is 10.9 Å². The van der Waals surface area contributed by atoms with Crippen LogP contribution in [-0.2, 0) is 11.3 Å². The first-order valence-corrected chi connectivity index (χ1v) is 5.75. The predicted octanol–water partition coefficient (Wildman–Crippen LogP) is 1.88. The molecule has 0 saturated carbocycles. The molecule has 0 radical (unpaired) electrons. The molecule has 1 fully saturated rings. The zero-order chi connectivity index (χ0) is 10.5. The van der Waals surface area contributed by atoms with Crippen LogP contribution in [0.5, 0.6) is 0 Å². The number of aromatic nitrogens is 2. The number of rotatable bonds is 4. The SMILES string of the molecule is CCCn1cc(NC2CCOCC2)cn1. The molecule has 1 aliphatic rings. The Kier molecular flexibility index (Phi) is 3.61. The summed E-state index contributed by atoms with van der Waals surface area (Å²) in [6.07, 6.45) is 7.31. The Labute approximate surface area is 90.6 Å². The van der Waals surface area contributed by atoms with Gasteiger partial charge in [0.2, 0.25) is 0 Å². The van der Waals surface area contributed by atoms with E-state index in [4.69, 9.17) is 4.74 Å². The van der Waals surface area contributed by atoms with E-state index in [1.54, 1.807) is 0 Å². The van der Waals surface area contributed by atoms with Crippen molar-refractivity contribution in [3.8, 4) is 0 Å². The van der Waals surface area contributed by atoms with E-state index in [2.05, 4.69) is 23.5 Å². The van der Waals surface area contributed by atoms with Gasteiger partial charge in [0, 0.05) is 32.0 Å². The largest absolute Gasteiger partial charge is 0.381 e. The standard InChI is InChI=1S/C11H19N3O/c1-2-5-14-9-11(8-12-14)13-10-3-6-15-7-4-10/h8-10,13H,2-7H2,1H3. The van der Waals surface area contributed by atoms with Gasteiger partial charge >= 0.3 is 0 Å². The molecule has 84 valence electrons. The average Bonchev–Trinajstić information content (AvgIpc) is 2.68. The van der Waals surface area contributed by atoms with E-state index in [9.17, 15) is 0 Å². The van der Waals surface area contributed by atoms with Crippen molar-refractivity contribution in [2.45, 2.75) is 38.8 Å². The Morgan fingerprint density at radius 1 is 1.53 bits per heavy atom. The minimum Gasteiger partial charge on any atom is -0.381 e. The van der Waals surface area contributed by atoms with Crippen LogP contribution in [0.4, 0.5) is 5.69 Å². The van der Waals surface area contributed by atoms with Crippen LogP contribution < -0.4 is 5.32 Å². The second-order valence-corrected chi connectivity index (χ2v) is 4.02. The fraction of sp³-hybridized carbons (Fsp3) is 0.727. The molecule has 1 N–H and O–H groups in total. The van der Waals surface area contributed by atoms with E-state index in [-0.39, 0.29) is 0 Å². The second kappa shape index (κ2) is 5.16. The number of nitrogens with one attached hydrogen (secondary N) is 1. The van der Waals surface area contributed by atoms with Gasteiger partial charge in [-0.1, -0.05) is 6.92 Å². The van der Waals surface area contributed by atoms with Gasteiger partial charge in [0.15, 0.2) is 0 Å². The lowest BCUT2D eigenvalue weighted by Crippen LogP contribution is -2.27. The first-order chi connectivity index (χ1) is 7.38. The predicted molar refractivity (Wildman–Crippen MR) is 60.0 cm³/mol. The number of nitrogens with zero attached hydrogens (tertiary/aromatic N) is 2. The van der Waals surface area contributed by atoms with Crippen LogP contribution in [-0.4, -0.2) is 29.0 Å². The lowest BCUT2D eigenvalue weighted by molar-refractivity contribution is 0.0904. The van der Waals surface area contributed by atoms with Gasteiger partial charge in [-0.05, 0) is 19.3 Å². The van der Waals surface area contributed by atoms with Crippen molar-refractivity contribution in [2.24, 2.45) is 0 Å². The molecule has 1 aromatic heterocycles. The lowest BCUT2D eigenvalue weighted by atomic mass is 10.1. The smallest absolute Gasteiger partial charge is 0.0728 e. The third-order valence-corrected chi connectivity index (χ3v) is 2.68. The summed E-state index contributed by atoms with van der Waals surface area (Å²) in [5.74, 6) is 0. The van der Waals surface area contributed by atoms with Crippen LogP contribution in [0.25, 0.3) is 0 Å². The van der Waals surface area contributed by atoms with Gasteiger partial charge in [0.25, 0.3) is 0 Å². The quantitative estimate of drug-likeness (QED) is 0.823. The summed E-state index contributed by atoms with van der Waals surface area (Å²) >= 11 is 0. The van der Waals surface area contributed by atoms with Crippen LogP contribution in [0.2, 0.25) is 0 Å². The molecule has 0 atom stereocenters. The van der Waals surface area contributed by atoms with Crippen molar-refractivity contribution >= 4 is 5.69 Å². The van der Waals surface area contributed by atoms with Crippen molar-refractivity contribution in [1.82, 2.24) is 9.78 Å². The van der Waals surface area contributed by atoms with Gasteiger partial charge in [0.1, 0.15) is 0 Å². The first-order valence-electron chi connectivity index (χ1n) is 5.75. The van der Waals surface area contributed by atoms with Crippen molar-refractivity contribution < 1.29 is 4.74 Å². The van der Waals surface area contributed by atoms with E-state index in [0.717, 1.165) is 44.7 Å². The monoisotopic (exact) mass is 209 g/mol. The van der Waals surface area contributed by atoms with Gasteiger partial charge in [-0.25, -0.2) is 0 Å². The van der Waals surface area contributed by atoms with Gasteiger partial charge < -0.3 is 10.1 Å². The van der Waals surface area contributed by atoms with Gasteiger partial charge in [-0.15, -0.1) is 0 Å². The second-order valence-electron chi connectivity index (χ2n) is 4.02. The van der Waals surface area contributed by atoms with E-state index in [1.165, 1.54) is 0 Å². The van der Waals surface area contributed by atoms with Crippen molar-refractivity contribution in [2.75, 3.05) is 18.5 Å². The summed E-state index contributed by atoms with van der Waals surface area (Å²) < 4.78 is 7.31. The number of hydrogen-bond acceptors (Lipinski definition) is 3. The number of anilines is 1. The van der Waals surface area contributed by atoms with Crippen molar-refractivity contribution in [3.63, 3.8) is 0 Å². The number of hydrogen-bond donors (Lipinski definition) is 1. The summed E-state index contributed by atoms with van der Waals surface area (Å²) in [5.41, 5.74) is 1.13. The molecule has 4 nitrogen and oxygen atoms in total. The Bertz CT molecular complexity index is 292. The molecule has 0 aromatic carbocycles. The fourth-order valence-corrected chi connectivity index (χ4v) is 1.87. The highest BCUT2D eigenvalue weighted by molar-refractivity contribution is 5.39. The van der Waals surface area contributed by atoms with Gasteiger partial charge in [0.05, 0.1) is 11.9 Å². The summed E-state index contributed by atoms with van der Waals surface area (Å²) in [4.78, 5) is 0. The first kappa shape index (κ1) is 10.5. The highest BCUT2D eigenvalue weighted by Crippen LogP contribution is 2.14. The van der Waals surface area contributed by atoms with Gasteiger partial charge in [-0.3, -0.25) is 4.68 Å². The van der Waals surface area contributed by atoms with E-state index >= 15 is 0 Å². The van der Waals surface area contributed by atoms with Crippen LogP contribution in [0, 0.1) is 0 Å². The minimum absolute atomic E-state index is 0.554. The number of aryl methyl sites for hydroxylation is 1. The van der Waals surface area contributed by atoms with Crippen molar-refractivity contribution in [1.29, 1.82) is 0 Å². The molecule has 0 amide bonds. The third-order valence-electron chi connectivity index (χ3n) is 2.68. The molecule has 4 heteroatoms. The zero-order valence-corrected chi connectivity index (χ0v) is 9.28. The van der Waals surface area contributed by atoms with E-state index < -0.39 is 0 Å². The lowest BCUT2D eigenvalue weighted by Gasteiger charge is -2.23. The third kappa shape index (κ3) is 2.96. The normalized spacial score (nSPS) is 17.9. The van der Waals surface area contributed by atoms with Crippen molar-refractivity contribution in [3.05, 3.63) is 12.4 Å². The zero-order valence-electron chi connectivity index (χ0n) is 9.28. The van der Waals surface area contributed by atoms with Crippen LogP contribution in [0.3, 0.4) is 0 Å². The maximum atomic E-state index is 5.32. The molecule has 2 heterocycles. The number of ether oxygens (including phenoxy) is 1. The molecule has 0 unspecified atom stereocenters. The minimum atomic E-state index is 0.554. The average molecular weight is 209 g/mol. The Balaban J connectivity index is 1.86. The summed E-state index contributed by atoms with van der Waals surface area (Å²) in [5, 5.41) is 7.79. The Hall–Kier alpha value is -1.03.